The molecule has 1 amide bonds. The van der Waals surface area contributed by atoms with Crippen LogP contribution >= 0.6 is 0 Å². The van der Waals surface area contributed by atoms with Crippen LogP contribution in [0.15, 0.2) is 0 Å². The molecule has 0 bridgehead atoms. The first-order chi connectivity index (χ1) is 11.7. The molecule has 3 nitrogen and oxygen atoms in total. The van der Waals surface area contributed by atoms with E-state index in [9.17, 15) is 4.79 Å². The van der Waals surface area contributed by atoms with E-state index in [-0.39, 0.29) is 0 Å². The lowest BCUT2D eigenvalue weighted by Crippen LogP contribution is -2.46. The van der Waals surface area contributed by atoms with E-state index in [1.165, 1.54) is 83.7 Å². The van der Waals surface area contributed by atoms with Crippen molar-refractivity contribution >= 4 is 5.91 Å². The van der Waals surface area contributed by atoms with E-state index in [0.717, 1.165) is 30.8 Å². The van der Waals surface area contributed by atoms with Gasteiger partial charge in [0, 0.05) is 26.2 Å². The minimum absolute atomic E-state index is 0.403. The maximum absolute atomic E-state index is 12.8. The molecule has 0 radical (unpaired) electrons. The average Bonchev–Trinajstić information content (AvgIpc) is 3.29. The maximum Gasteiger partial charge on any atom is 0.236 e. The van der Waals surface area contributed by atoms with Gasteiger partial charge in [0.05, 0.1) is 6.54 Å². The number of hydrogen-bond acceptors (Lipinski definition) is 2. The van der Waals surface area contributed by atoms with Crippen molar-refractivity contribution < 1.29 is 4.79 Å². The van der Waals surface area contributed by atoms with E-state index in [0.29, 0.717) is 12.5 Å². The van der Waals surface area contributed by atoms with Crippen LogP contribution in [-0.4, -0.2) is 48.4 Å². The Kier molecular flexibility index (Phi) is 7.00. The van der Waals surface area contributed by atoms with E-state index in [4.69, 9.17) is 0 Å². The number of rotatable bonds is 7. The number of nitrogens with zero attached hydrogens (tertiary/aromatic N) is 2. The summed E-state index contributed by atoms with van der Waals surface area (Å²) >= 11 is 0. The monoisotopic (exact) mass is 334 g/mol. The molecule has 2 aliphatic carbocycles. The van der Waals surface area contributed by atoms with Crippen LogP contribution in [-0.2, 0) is 4.79 Å². The van der Waals surface area contributed by atoms with Gasteiger partial charge in [0.15, 0.2) is 0 Å². The molecule has 24 heavy (non-hydrogen) atoms. The van der Waals surface area contributed by atoms with E-state index in [1.807, 2.05) is 0 Å². The van der Waals surface area contributed by atoms with E-state index < -0.39 is 0 Å². The molecule has 0 unspecified atom stereocenters. The van der Waals surface area contributed by atoms with Crippen LogP contribution in [0.4, 0.5) is 0 Å². The molecule has 0 aromatic heterocycles. The summed E-state index contributed by atoms with van der Waals surface area (Å²) < 4.78 is 0. The molecule has 1 heterocycles. The Morgan fingerprint density at radius 1 is 0.833 bits per heavy atom. The Bertz CT molecular complexity index is 359. The standard InChI is InChI=1S/C21H38N2O/c1-2-18-11-13-23(14-12-18)21(24)17-22(15-19-7-3-4-8-19)16-20-9-5-6-10-20/h18-20H,2-17H2,1H3. The van der Waals surface area contributed by atoms with Gasteiger partial charge in [0.1, 0.15) is 0 Å². The highest BCUT2D eigenvalue weighted by Crippen LogP contribution is 2.29. The second-order valence-electron chi connectivity index (χ2n) is 8.73. The van der Waals surface area contributed by atoms with Crippen LogP contribution in [0.2, 0.25) is 0 Å². The van der Waals surface area contributed by atoms with Crippen molar-refractivity contribution in [1.29, 1.82) is 0 Å². The lowest BCUT2D eigenvalue weighted by molar-refractivity contribution is -0.134. The van der Waals surface area contributed by atoms with Gasteiger partial charge in [-0.2, -0.15) is 0 Å². The van der Waals surface area contributed by atoms with Gasteiger partial charge < -0.3 is 4.90 Å². The third-order valence-electron chi connectivity index (χ3n) is 6.89. The zero-order chi connectivity index (χ0) is 16.8. The van der Waals surface area contributed by atoms with Crippen LogP contribution < -0.4 is 0 Å². The SMILES string of the molecule is CCC1CCN(C(=O)CN(CC2CCCC2)CC2CCCC2)CC1. The second kappa shape index (κ2) is 9.22. The fourth-order valence-corrected chi connectivity index (χ4v) is 5.20. The van der Waals surface area contributed by atoms with Crippen molar-refractivity contribution in [1.82, 2.24) is 9.80 Å². The highest BCUT2D eigenvalue weighted by atomic mass is 16.2. The van der Waals surface area contributed by atoms with Gasteiger partial charge in [-0.05, 0) is 56.3 Å². The van der Waals surface area contributed by atoms with Gasteiger partial charge in [0.2, 0.25) is 5.91 Å². The van der Waals surface area contributed by atoms with Crippen LogP contribution in [0.25, 0.3) is 0 Å². The first-order valence-electron chi connectivity index (χ1n) is 10.7. The van der Waals surface area contributed by atoms with Crippen LogP contribution in [0.1, 0.15) is 77.6 Å². The van der Waals surface area contributed by atoms with Gasteiger partial charge in [-0.1, -0.05) is 39.0 Å². The third kappa shape index (κ3) is 5.21. The summed E-state index contributed by atoms with van der Waals surface area (Å²) in [6.07, 6.45) is 14.9. The molecular formula is C21H38N2O. The Morgan fingerprint density at radius 3 is 1.79 bits per heavy atom. The second-order valence-corrected chi connectivity index (χ2v) is 8.73. The van der Waals surface area contributed by atoms with E-state index >= 15 is 0 Å². The van der Waals surface area contributed by atoms with E-state index in [1.54, 1.807) is 0 Å². The molecule has 138 valence electrons. The van der Waals surface area contributed by atoms with Crippen molar-refractivity contribution in [2.24, 2.45) is 17.8 Å². The highest BCUT2D eigenvalue weighted by Gasteiger charge is 2.27. The predicted molar refractivity (Wildman–Crippen MR) is 100.0 cm³/mol. The van der Waals surface area contributed by atoms with Crippen molar-refractivity contribution in [3.63, 3.8) is 0 Å². The molecule has 0 aromatic rings. The van der Waals surface area contributed by atoms with E-state index in [2.05, 4.69) is 16.7 Å². The quantitative estimate of drug-likeness (QED) is 0.692. The maximum atomic E-state index is 12.8. The fraction of sp³-hybridized carbons (Fsp3) is 0.952. The number of carbonyl (C=O) groups is 1. The summed E-state index contributed by atoms with van der Waals surface area (Å²) in [5.41, 5.74) is 0. The van der Waals surface area contributed by atoms with Gasteiger partial charge in [-0.15, -0.1) is 0 Å². The van der Waals surface area contributed by atoms with Crippen molar-refractivity contribution in [3.8, 4) is 0 Å². The minimum atomic E-state index is 0.403. The lowest BCUT2D eigenvalue weighted by Gasteiger charge is -2.34. The summed E-state index contributed by atoms with van der Waals surface area (Å²) in [4.78, 5) is 17.5. The minimum Gasteiger partial charge on any atom is -0.342 e. The summed E-state index contributed by atoms with van der Waals surface area (Å²) in [5.74, 6) is 2.96. The van der Waals surface area contributed by atoms with Gasteiger partial charge in [0.25, 0.3) is 0 Å². The van der Waals surface area contributed by atoms with Gasteiger partial charge >= 0.3 is 0 Å². The zero-order valence-corrected chi connectivity index (χ0v) is 15.8. The normalized spacial score (nSPS) is 24.3. The fourth-order valence-electron chi connectivity index (χ4n) is 5.20. The molecular weight excluding hydrogens is 296 g/mol. The molecule has 0 atom stereocenters. The Labute approximate surface area is 149 Å². The largest absolute Gasteiger partial charge is 0.342 e. The smallest absolute Gasteiger partial charge is 0.236 e. The molecule has 0 N–H and O–H groups in total. The Morgan fingerprint density at radius 2 is 1.33 bits per heavy atom. The highest BCUT2D eigenvalue weighted by molar-refractivity contribution is 5.78. The Hall–Kier alpha value is -0.570. The predicted octanol–water partition coefficient (Wildman–Crippen LogP) is 4.32. The topological polar surface area (TPSA) is 23.6 Å². The molecule has 0 spiro atoms. The van der Waals surface area contributed by atoms with Crippen molar-refractivity contribution in [2.45, 2.75) is 77.6 Å². The van der Waals surface area contributed by atoms with Crippen LogP contribution in [0.3, 0.4) is 0 Å². The number of amides is 1. The number of likely N-dealkylation sites (tertiary alicyclic amines) is 1. The number of hydrogen-bond donors (Lipinski definition) is 0. The zero-order valence-electron chi connectivity index (χ0n) is 15.8. The third-order valence-corrected chi connectivity index (χ3v) is 6.89. The lowest BCUT2D eigenvalue weighted by atomic mass is 9.94. The van der Waals surface area contributed by atoms with Crippen LogP contribution in [0, 0.1) is 17.8 Å². The van der Waals surface area contributed by atoms with Crippen LogP contribution in [0.5, 0.6) is 0 Å². The molecule has 3 heteroatoms. The Balaban J connectivity index is 1.50. The number of piperidine rings is 1. The molecule has 1 saturated heterocycles. The summed E-state index contributed by atoms with van der Waals surface area (Å²) in [7, 11) is 0. The summed E-state index contributed by atoms with van der Waals surface area (Å²) in [5, 5.41) is 0. The molecule has 2 saturated carbocycles. The molecule has 1 aliphatic heterocycles. The molecule has 3 fully saturated rings. The first-order valence-corrected chi connectivity index (χ1v) is 10.7. The van der Waals surface area contributed by atoms with Crippen molar-refractivity contribution in [2.75, 3.05) is 32.7 Å². The summed E-state index contributed by atoms with van der Waals surface area (Å²) in [6.45, 7) is 7.31. The van der Waals surface area contributed by atoms with Gasteiger partial charge in [-0.3, -0.25) is 9.69 Å². The number of carbonyl (C=O) groups excluding carboxylic acids is 1. The average molecular weight is 335 g/mol. The van der Waals surface area contributed by atoms with Crippen molar-refractivity contribution in [3.05, 3.63) is 0 Å². The molecule has 0 aromatic carbocycles. The summed E-state index contributed by atoms with van der Waals surface area (Å²) in [6, 6.07) is 0. The first kappa shape index (κ1) is 18.2. The molecule has 3 aliphatic rings. The molecule has 3 rings (SSSR count). The van der Waals surface area contributed by atoms with Gasteiger partial charge in [-0.25, -0.2) is 0 Å².